The van der Waals surface area contributed by atoms with Gasteiger partial charge in [-0.1, -0.05) is 28.1 Å². The van der Waals surface area contributed by atoms with Crippen LogP contribution >= 0.6 is 27.3 Å². The molecule has 0 N–H and O–H groups in total. The van der Waals surface area contributed by atoms with Gasteiger partial charge in [0.1, 0.15) is 5.75 Å². The minimum Gasteiger partial charge on any atom is -0.494 e. The van der Waals surface area contributed by atoms with Crippen molar-refractivity contribution in [3.8, 4) is 17.0 Å². The third-order valence-electron chi connectivity index (χ3n) is 3.93. The summed E-state index contributed by atoms with van der Waals surface area (Å²) in [5.74, 6) is 0.883. The first kappa shape index (κ1) is 18.6. The van der Waals surface area contributed by atoms with Crippen LogP contribution in [0.3, 0.4) is 0 Å². The van der Waals surface area contributed by atoms with Crippen molar-refractivity contribution in [1.82, 2.24) is 4.57 Å². The van der Waals surface area contributed by atoms with Crippen LogP contribution in [0, 0.1) is 0 Å². The fourth-order valence-electron chi connectivity index (χ4n) is 2.48. The Balaban J connectivity index is 1.87. The van der Waals surface area contributed by atoms with Crippen molar-refractivity contribution in [2.45, 2.75) is 13.8 Å². The fraction of sp³-hybridized carbons (Fsp3) is 0.200. The summed E-state index contributed by atoms with van der Waals surface area (Å²) < 4.78 is 8.61. The molecule has 0 bridgehead atoms. The van der Waals surface area contributed by atoms with E-state index in [9.17, 15) is 0 Å². The van der Waals surface area contributed by atoms with Gasteiger partial charge in [-0.15, -0.1) is 16.4 Å². The fourth-order valence-corrected chi connectivity index (χ4v) is 3.60. The largest absolute Gasteiger partial charge is 0.494 e. The van der Waals surface area contributed by atoms with Crippen molar-refractivity contribution in [2.75, 3.05) is 6.61 Å². The van der Waals surface area contributed by atoms with E-state index in [0.29, 0.717) is 6.61 Å². The van der Waals surface area contributed by atoms with Gasteiger partial charge in [-0.25, -0.2) is 0 Å². The van der Waals surface area contributed by atoms with Crippen molar-refractivity contribution in [1.29, 1.82) is 0 Å². The number of benzene rings is 2. The molecule has 3 aromatic rings. The minimum atomic E-state index is 0.671. The average Bonchev–Trinajstić information content (AvgIpc) is 3.02. The Kier molecular flexibility index (Phi) is 6.06. The third kappa shape index (κ3) is 4.31. The first-order chi connectivity index (χ1) is 12.6. The number of ether oxygens (including phenoxy) is 1. The van der Waals surface area contributed by atoms with E-state index in [1.165, 1.54) is 0 Å². The Morgan fingerprint density at radius 2 is 1.81 bits per heavy atom. The standard InChI is InChI=1S/C20H20BrN3OS/c1-4-25-18-11-7-16(8-12-18)19-13-26-20(24(19)3)23-22-14(2)15-5-9-17(21)10-6-15/h5-13H,4H2,1-3H3/b22-14-,23-20+. The summed E-state index contributed by atoms with van der Waals surface area (Å²) >= 11 is 5.02. The molecule has 134 valence electrons. The van der Waals surface area contributed by atoms with Crippen molar-refractivity contribution >= 4 is 33.0 Å². The van der Waals surface area contributed by atoms with E-state index in [1.54, 1.807) is 11.3 Å². The zero-order chi connectivity index (χ0) is 18.5. The minimum absolute atomic E-state index is 0.671. The number of halogens is 1. The maximum Gasteiger partial charge on any atom is 0.210 e. The van der Waals surface area contributed by atoms with Crippen LogP contribution in [0.5, 0.6) is 5.75 Å². The SMILES string of the molecule is CCOc1ccc(-c2cs/c(=N/N=C(/C)c3ccc(Br)cc3)n2C)cc1. The molecule has 26 heavy (non-hydrogen) atoms. The summed E-state index contributed by atoms with van der Waals surface area (Å²) in [4.78, 5) is 0.852. The van der Waals surface area contributed by atoms with Crippen LogP contribution in [0.4, 0.5) is 0 Å². The zero-order valence-corrected chi connectivity index (χ0v) is 17.3. The van der Waals surface area contributed by atoms with Gasteiger partial charge in [0.05, 0.1) is 18.0 Å². The molecule has 6 heteroatoms. The molecule has 0 atom stereocenters. The molecule has 0 fully saturated rings. The van der Waals surface area contributed by atoms with Gasteiger partial charge in [-0.2, -0.15) is 5.10 Å². The second kappa shape index (κ2) is 8.47. The van der Waals surface area contributed by atoms with Gasteiger partial charge in [0.2, 0.25) is 4.80 Å². The molecule has 0 aliphatic rings. The van der Waals surface area contributed by atoms with Crippen LogP contribution < -0.4 is 9.54 Å². The molecule has 1 aromatic heterocycles. The monoisotopic (exact) mass is 429 g/mol. The lowest BCUT2D eigenvalue weighted by Crippen LogP contribution is -2.11. The van der Waals surface area contributed by atoms with Gasteiger partial charge in [-0.05, 0) is 61.4 Å². The first-order valence-corrected chi connectivity index (χ1v) is 9.97. The smallest absolute Gasteiger partial charge is 0.210 e. The Morgan fingerprint density at radius 3 is 2.46 bits per heavy atom. The van der Waals surface area contributed by atoms with E-state index in [4.69, 9.17) is 4.74 Å². The Bertz CT molecular complexity index is 970. The molecule has 0 unspecified atom stereocenters. The Morgan fingerprint density at radius 1 is 1.12 bits per heavy atom. The van der Waals surface area contributed by atoms with E-state index in [-0.39, 0.29) is 0 Å². The molecule has 1 heterocycles. The highest BCUT2D eigenvalue weighted by molar-refractivity contribution is 9.10. The Hall–Kier alpha value is -2.18. The number of hydrogen-bond donors (Lipinski definition) is 0. The summed E-state index contributed by atoms with van der Waals surface area (Å²) in [5, 5.41) is 10.9. The predicted octanol–water partition coefficient (Wildman–Crippen LogP) is 5.24. The quantitative estimate of drug-likeness (QED) is 0.403. The van der Waals surface area contributed by atoms with Crippen LogP contribution in [-0.4, -0.2) is 16.9 Å². The maximum absolute atomic E-state index is 5.50. The summed E-state index contributed by atoms with van der Waals surface area (Å²) in [5.41, 5.74) is 4.17. The topological polar surface area (TPSA) is 38.9 Å². The van der Waals surface area contributed by atoms with Crippen molar-refractivity contribution in [3.05, 3.63) is 68.7 Å². The number of thiazole rings is 1. The average molecular weight is 430 g/mol. The number of aromatic nitrogens is 1. The molecule has 0 saturated heterocycles. The zero-order valence-electron chi connectivity index (χ0n) is 14.9. The molecule has 3 rings (SSSR count). The van der Waals surface area contributed by atoms with Gasteiger partial charge in [-0.3, -0.25) is 0 Å². The van der Waals surface area contributed by atoms with Gasteiger partial charge < -0.3 is 9.30 Å². The molecule has 2 aromatic carbocycles. The van der Waals surface area contributed by atoms with Gasteiger partial charge in [0, 0.05) is 16.9 Å². The van der Waals surface area contributed by atoms with E-state index >= 15 is 0 Å². The Labute approximate surface area is 165 Å². The molecule has 0 aliphatic heterocycles. The normalized spacial score (nSPS) is 12.5. The highest BCUT2D eigenvalue weighted by atomic mass is 79.9. The van der Waals surface area contributed by atoms with Crippen molar-refractivity contribution < 1.29 is 4.74 Å². The van der Waals surface area contributed by atoms with E-state index < -0.39 is 0 Å². The van der Waals surface area contributed by atoms with E-state index in [0.717, 1.165) is 37.6 Å². The van der Waals surface area contributed by atoms with Crippen LogP contribution in [0.1, 0.15) is 19.4 Å². The van der Waals surface area contributed by atoms with Crippen molar-refractivity contribution in [2.24, 2.45) is 17.3 Å². The molecule has 0 aliphatic carbocycles. The van der Waals surface area contributed by atoms with Crippen LogP contribution in [0.2, 0.25) is 0 Å². The van der Waals surface area contributed by atoms with Gasteiger partial charge in [0.25, 0.3) is 0 Å². The van der Waals surface area contributed by atoms with Crippen LogP contribution in [0.25, 0.3) is 11.3 Å². The lowest BCUT2D eigenvalue weighted by atomic mass is 10.1. The van der Waals surface area contributed by atoms with E-state index in [2.05, 4.69) is 48.2 Å². The second-order valence-corrected chi connectivity index (χ2v) is 7.46. The molecular weight excluding hydrogens is 410 g/mol. The molecule has 4 nitrogen and oxygen atoms in total. The summed E-state index contributed by atoms with van der Waals surface area (Å²) in [6.45, 7) is 4.62. The highest BCUT2D eigenvalue weighted by Gasteiger charge is 2.05. The highest BCUT2D eigenvalue weighted by Crippen LogP contribution is 2.22. The van der Waals surface area contributed by atoms with Gasteiger partial charge >= 0.3 is 0 Å². The molecule has 0 amide bonds. The van der Waals surface area contributed by atoms with Crippen LogP contribution in [-0.2, 0) is 7.05 Å². The molecular formula is C20H20BrN3OS. The summed E-state index contributed by atoms with van der Waals surface area (Å²) in [6, 6.07) is 16.2. The predicted molar refractivity (Wildman–Crippen MR) is 112 cm³/mol. The lowest BCUT2D eigenvalue weighted by molar-refractivity contribution is 0.340. The maximum atomic E-state index is 5.50. The number of hydrogen-bond acceptors (Lipinski definition) is 4. The third-order valence-corrected chi connectivity index (χ3v) is 5.37. The van der Waals surface area contributed by atoms with Crippen LogP contribution in [0.15, 0.2) is 68.6 Å². The summed E-state index contributed by atoms with van der Waals surface area (Å²) in [7, 11) is 2.01. The first-order valence-electron chi connectivity index (χ1n) is 8.30. The number of nitrogens with zero attached hydrogens (tertiary/aromatic N) is 3. The number of rotatable bonds is 5. The van der Waals surface area contributed by atoms with E-state index in [1.807, 2.05) is 57.3 Å². The molecule has 0 radical (unpaired) electrons. The summed E-state index contributed by atoms with van der Waals surface area (Å²) in [6.07, 6.45) is 0. The lowest BCUT2D eigenvalue weighted by Gasteiger charge is -2.05. The second-order valence-electron chi connectivity index (χ2n) is 5.71. The molecule has 0 spiro atoms. The van der Waals surface area contributed by atoms with Gasteiger partial charge in [0.15, 0.2) is 0 Å². The molecule has 0 saturated carbocycles. The van der Waals surface area contributed by atoms with Crippen molar-refractivity contribution in [3.63, 3.8) is 0 Å².